The molecular weight excluding hydrogens is 188 g/mol. The molecule has 0 radical (unpaired) electrons. The highest BCUT2D eigenvalue weighted by molar-refractivity contribution is 5.78. The molecule has 3 rings (SSSR count). The maximum atomic E-state index is 4.31. The Labute approximate surface area is 86.6 Å². The summed E-state index contributed by atoms with van der Waals surface area (Å²) in [5.41, 5.74) is 2.06. The number of hydrogen-bond donors (Lipinski definition) is 1. The molecule has 1 N–H and O–H groups in total. The Morgan fingerprint density at radius 1 is 1.33 bits per heavy atom. The number of nitrogens with zero attached hydrogens (tertiary/aromatic N) is 3. The number of H-pyrrole nitrogens is 1. The van der Waals surface area contributed by atoms with E-state index in [0.29, 0.717) is 0 Å². The lowest BCUT2D eigenvalue weighted by Gasteiger charge is -1.93. The van der Waals surface area contributed by atoms with E-state index in [1.165, 1.54) is 0 Å². The number of hydrogen-bond acceptors (Lipinski definition) is 2. The van der Waals surface area contributed by atoms with Crippen molar-refractivity contribution in [3.8, 4) is 5.82 Å². The molecule has 0 bridgehead atoms. The van der Waals surface area contributed by atoms with Gasteiger partial charge in [0.2, 0.25) is 0 Å². The highest BCUT2D eigenvalue weighted by atomic mass is 15.3. The van der Waals surface area contributed by atoms with E-state index >= 15 is 0 Å². The van der Waals surface area contributed by atoms with E-state index in [4.69, 9.17) is 0 Å². The quantitative estimate of drug-likeness (QED) is 0.650. The summed E-state index contributed by atoms with van der Waals surface area (Å²) in [5.74, 6) is 0.938. The summed E-state index contributed by atoms with van der Waals surface area (Å²) in [4.78, 5) is 7.53. The molecule has 3 heterocycles. The summed E-state index contributed by atoms with van der Waals surface area (Å²) >= 11 is 0. The molecule has 0 fully saturated rings. The smallest absolute Gasteiger partial charge is 0.138 e. The maximum absolute atomic E-state index is 4.31. The normalized spacial score (nSPS) is 11.0. The maximum Gasteiger partial charge on any atom is 0.138 e. The van der Waals surface area contributed by atoms with Crippen LogP contribution in [0.3, 0.4) is 0 Å². The minimum Gasteiger partial charge on any atom is -0.324 e. The van der Waals surface area contributed by atoms with Crippen LogP contribution in [0.1, 0.15) is 5.56 Å². The van der Waals surface area contributed by atoms with Crippen molar-refractivity contribution in [3.63, 3.8) is 0 Å². The molecule has 0 spiro atoms. The van der Waals surface area contributed by atoms with E-state index in [-0.39, 0.29) is 0 Å². The molecule has 0 saturated carbocycles. The molecule has 0 amide bonds. The van der Waals surface area contributed by atoms with Gasteiger partial charge in [0, 0.05) is 24.0 Å². The van der Waals surface area contributed by atoms with Crippen LogP contribution in [-0.2, 0) is 0 Å². The second-order valence-electron chi connectivity index (χ2n) is 3.56. The third-order valence-corrected chi connectivity index (χ3v) is 2.34. The van der Waals surface area contributed by atoms with E-state index in [9.17, 15) is 0 Å². The molecular formula is C11H10N4. The fraction of sp³-hybridized carbons (Fsp3) is 0.0909. The first-order valence-corrected chi connectivity index (χ1v) is 4.78. The lowest BCUT2D eigenvalue weighted by molar-refractivity contribution is 0.857. The zero-order valence-electron chi connectivity index (χ0n) is 8.31. The van der Waals surface area contributed by atoms with E-state index in [1.54, 1.807) is 10.9 Å². The zero-order valence-corrected chi connectivity index (χ0v) is 8.31. The van der Waals surface area contributed by atoms with E-state index in [1.807, 2.05) is 31.5 Å². The fourth-order valence-electron chi connectivity index (χ4n) is 1.65. The summed E-state index contributed by atoms with van der Waals surface area (Å²) in [5, 5.41) is 5.27. The number of nitrogens with one attached hydrogen (secondary N) is 1. The van der Waals surface area contributed by atoms with Gasteiger partial charge in [0.05, 0.1) is 0 Å². The first kappa shape index (κ1) is 8.23. The van der Waals surface area contributed by atoms with Gasteiger partial charge in [-0.1, -0.05) is 0 Å². The number of pyridine rings is 1. The number of aromatic nitrogens is 4. The van der Waals surface area contributed by atoms with Gasteiger partial charge in [-0.3, -0.25) is 0 Å². The van der Waals surface area contributed by atoms with Crippen LogP contribution in [0, 0.1) is 6.92 Å². The topological polar surface area (TPSA) is 46.5 Å². The van der Waals surface area contributed by atoms with Crippen molar-refractivity contribution in [1.82, 2.24) is 19.7 Å². The first-order valence-electron chi connectivity index (χ1n) is 4.78. The molecule has 0 aliphatic heterocycles. The van der Waals surface area contributed by atoms with Crippen molar-refractivity contribution in [2.45, 2.75) is 6.92 Å². The SMILES string of the molecule is Cc1cnc2[nH]c(-n3cccn3)cc2c1. The molecule has 0 atom stereocenters. The second kappa shape index (κ2) is 2.95. The van der Waals surface area contributed by atoms with Crippen LogP contribution in [0.25, 0.3) is 16.9 Å². The minimum atomic E-state index is 0.895. The first-order chi connectivity index (χ1) is 7.33. The fourth-order valence-corrected chi connectivity index (χ4v) is 1.65. The largest absolute Gasteiger partial charge is 0.324 e. The third-order valence-electron chi connectivity index (χ3n) is 2.34. The summed E-state index contributed by atoms with van der Waals surface area (Å²) < 4.78 is 1.79. The Morgan fingerprint density at radius 3 is 3.07 bits per heavy atom. The van der Waals surface area contributed by atoms with Crippen molar-refractivity contribution in [2.24, 2.45) is 0 Å². The molecule has 4 nitrogen and oxygen atoms in total. The van der Waals surface area contributed by atoms with Gasteiger partial charge in [-0.2, -0.15) is 5.10 Å². The van der Waals surface area contributed by atoms with Crippen molar-refractivity contribution in [3.05, 3.63) is 42.4 Å². The Hall–Kier alpha value is -2.10. The highest BCUT2D eigenvalue weighted by Crippen LogP contribution is 2.16. The van der Waals surface area contributed by atoms with Crippen LogP contribution in [0.5, 0.6) is 0 Å². The third kappa shape index (κ3) is 1.30. The van der Waals surface area contributed by atoms with Gasteiger partial charge in [0.25, 0.3) is 0 Å². The van der Waals surface area contributed by atoms with Gasteiger partial charge in [-0.25, -0.2) is 9.67 Å². The van der Waals surface area contributed by atoms with Crippen LogP contribution >= 0.6 is 0 Å². The van der Waals surface area contributed by atoms with Crippen molar-refractivity contribution in [1.29, 1.82) is 0 Å². The number of aromatic amines is 1. The lowest BCUT2D eigenvalue weighted by Crippen LogP contribution is -1.93. The summed E-state index contributed by atoms with van der Waals surface area (Å²) in [7, 11) is 0. The molecule has 74 valence electrons. The lowest BCUT2D eigenvalue weighted by atomic mass is 10.2. The predicted molar refractivity (Wildman–Crippen MR) is 58.0 cm³/mol. The Balaban J connectivity index is 2.22. The molecule has 3 aromatic heterocycles. The van der Waals surface area contributed by atoms with Crippen LogP contribution in [0.2, 0.25) is 0 Å². The highest BCUT2D eigenvalue weighted by Gasteiger charge is 2.03. The average Bonchev–Trinajstić information content (AvgIpc) is 2.84. The number of rotatable bonds is 1. The number of aryl methyl sites for hydroxylation is 1. The van der Waals surface area contributed by atoms with Gasteiger partial charge in [0.15, 0.2) is 0 Å². The van der Waals surface area contributed by atoms with E-state index in [2.05, 4.69) is 21.1 Å². The predicted octanol–water partition coefficient (Wildman–Crippen LogP) is 2.06. The molecule has 0 aromatic carbocycles. The van der Waals surface area contributed by atoms with Crippen molar-refractivity contribution < 1.29 is 0 Å². The van der Waals surface area contributed by atoms with Crippen LogP contribution in [-0.4, -0.2) is 19.7 Å². The van der Waals surface area contributed by atoms with Crippen molar-refractivity contribution >= 4 is 11.0 Å². The monoisotopic (exact) mass is 198 g/mol. The standard InChI is InChI=1S/C11H10N4/c1-8-5-9-6-10(14-11(9)12-7-8)15-4-2-3-13-15/h2-7H,1H3,(H,12,14). The Bertz CT molecular complexity index is 592. The molecule has 0 unspecified atom stereocenters. The Kier molecular flexibility index (Phi) is 1.62. The van der Waals surface area contributed by atoms with Gasteiger partial charge < -0.3 is 4.98 Å². The van der Waals surface area contributed by atoms with E-state index < -0.39 is 0 Å². The zero-order chi connectivity index (χ0) is 10.3. The summed E-state index contributed by atoms with van der Waals surface area (Å²) in [6, 6.07) is 6.04. The minimum absolute atomic E-state index is 0.895. The van der Waals surface area contributed by atoms with Crippen LogP contribution in [0.15, 0.2) is 36.8 Å². The molecule has 3 aromatic rings. The second-order valence-corrected chi connectivity index (χ2v) is 3.56. The van der Waals surface area contributed by atoms with E-state index in [0.717, 1.165) is 22.4 Å². The Morgan fingerprint density at radius 2 is 2.27 bits per heavy atom. The van der Waals surface area contributed by atoms with Gasteiger partial charge >= 0.3 is 0 Å². The molecule has 15 heavy (non-hydrogen) atoms. The molecule has 0 saturated heterocycles. The molecule has 4 heteroatoms. The van der Waals surface area contributed by atoms with Gasteiger partial charge in [-0.05, 0) is 30.7 Å². The average molecular weight is 198 g/mol. The molecule has 0 aliphatic carbocycles. The summed E-state index contributed by atoms with van der Waals surface area (Å²) in [6.45, 7) is 2.03. The molecule has 0 aliphatic rings. The van der Waals surface area contributed by atoms with Crippen molar-refractivity contribution in [2.75, 3.05) is 0 Å². The number of fused-ring (bicyclic) bond motifs is 1. The van der Waals surface area contributed by atoms with Gasteiger partial charge in [0.1, 0.15) is 11.5 Å². The van der Waals surface area contributed by atoms with Crippen LogP contribution in [0.4, 0.5) is 0 Å². The van der Waals surface area contributed by atoms with Crippen LogP contribution < -0.4 is 0 Å². The van der Waals surface area contributed by atoms with Gasteiger partial charge in [-0.15, -0.1) is 0 Å². The summed E-state index contributed by atoms with van der Waals surface area (Å²) in [6.07, 6.45) is 5.51.